The molecule has 0 aliphatic rings. The molecular formula is C11H24O2. The molecule has 80 valence electrons. The third kappa shape index (κ3) is 3.28. The Morgan fingerprint density at radius 2 is 1.77 bits per heavy atom. The van der Waals surface area contributed by atoms with Crippen LogP contribution in [-0.4, -0.2) is 21.9 Å². The van der Waals surface area contributed by atoms with Crippen molar-refractivity contribution < 1.29 is 10.2 Å². The summed E-state index contributed by atoms with van der Waals surface area (Å²) in [5, 5.41) is 20.0. The van der Waals surface area contributed by atoms with E-state index in [4.69, 9.17) is 0 Å². The van der Waals surface area contributed by atoms with Crippen LogP contribution in [0.3, 0.4) is 0 Å². The molecule has 0 spiro atoms. The molecule has 2 nitrogen and oxygen atoms in total. The molecule has 0 aromatic carbocycles. The van der Waals surface area contributed by atoms with Crippen LogP contribution in [0.2, 0.25) is 0 Å². The van der Waals surface area contributed by atoms with Gasteiger partial charge in [0, 0.05) is 0 Å². The lowest BCUT2D eigenvalue weighted by atomic mass is 9.81. The second-order valence-electron chi connectivity index (χ2n) is 4.16. The predicted molar refractivity (Wildman–Crippen MR) is 55.6 cm³/mol. The Balaban J connectivity index is 4.20. The van der Waals surface area contributed by atoms with E-state index in [0.29, 0.717) is 12.8 Å². The highest BCUT2D eigenvalue weighted by Crippen LogP contribution is 2.27. The number of rotatable bonds is 6. The van der Waals surface area contributed by atoms with Gasteiger partial charge in [0.25, 0.3) is 0 Å². The maximum absolute atomic E-state index is 10.1. The maximum atomic E-state index is 10.1. The summed E-state index contributed by atoms with van der Waals surface area (Å²) in [4.78, 5) is 0. The molecule has 2 heteroatoms. The lowest BCUT2D eigenvalue weighted by Gasteiger charge is -2.35. The second-order valence-corrected chi connectivity index (χ2v) is 4.16. The molecule has 0 amide bonds. The van der Waals surface area contributed by atoms with E-state index >= 15 is 0 Å². The average molecular weight is 188 g/mol. The first-order chi connectivity index (χ1) is 5.99. The fraction of sp³-hybridized carbons (Fsp3) is 1.00. The average Bonchev–Trinajstić information content (AvgIpc) is 2.12. The van der Waals surface area contributed by atoms with Gasteiger partial charge in [0.05, 0.1) is 11.7 Å². The summed E-state index contributed by atoms with van der Waals surface area (Å²) in [7, 11) is 0. The molecule has 2 N–H and O–H groups in total. The third-order valence-electron chi connectivity index (χ3n) is 2.97. The van der Waals surface area contributed by atoms with Gasteiger partial charge in [-0.05, 0) is 18.8 Å². The van der Waals surface area contributed by atoms with Crippen molar-refractivity contribution in [3.63, 3.8) is 0 Å². The molecular weight excluding hydrogens is 164 g/mol. The van der Waals surface area contributed by atoms with Gasteiger partial charge in [-0.25, -0.2) is 0 Å². The van der Waals surface area contributed by atoms with E-state index in [9.17, 15) is 10.2 Å². The van der Waals surface area contributed by atoms with Crippen LogP contribution >= 0.6 is 0 Å². The Bertz CT molecular complexity index is 134. The van der Waals surface area contributed by atoms with Crippen molar-refractivity contribution in [1.29, 1.82) is 0 Å². The zero-order valence-corrected chi connectivity index (χ0v) is 9.38. The van der Waals surface area contributed by atoms with Gasteiger partial charge in [0.2, 0.25) is 0 Å². The van der Waals surface area contributed by atoms with Gasteiger partial charge >= 0.3 is 0 Å². The van der Waals surface area contributed by atoms with Crippen molar-refractivity contribution in [2.75, 3.05) is 0 Å². The zero-order chi connectivity index (χ0) is 10.5. The molecule has 0 bridgehead atoms. The van der Waals surface area contributed by atoms with E-state index in [0.717, 1.165) is 12.8 Å². The summed E-state index contributed by atoms with van der Waals surface area (Å²) in [5.74, 6) is 0.115. The maximum Gasteiger partial charge on any atom is 0.0925 e. The summed E-state index contributed by atoms with van der Waals surface area (Å²) in [6, 6.07) is 0. The first-order valence-electron chi connectivity index (χ1n) is 5.39. The first kappa shape index (κ1) is 12.9. The fourth-order valence-corrected chi connectivity index (χ4v) is 1.68. The Labute approximate surface area is 82.0 Å². The van der Waals surface area contributed by atoms with Crippen LogP contribution in [-0.2, 0) is 0 Å². The highest BCUT2D eigenvalue weighted by Gasteiger charge is 2.36. The molecule has 0 aliphatic carbocycles. The van der Waals surface area contributed by atoms with Crippen LogP contribution in [0.4, 0.5) is 0 Å². The smallest absolute Gasteiger partial charge is 0.0925 e. The number of unbranched alkanes of at least 4 members (excludes halogenated alkanes) is 1. The molecule has 0 fully saturated rings. The molecule has 0 aromatic heterocycles. The van der Waals surface area contributed by atoms with Crippen LogP contribution in [0.25, 0.3) is 0 Å². The van der Waals surface area contributed by atoms with Crippen molar-refractivity contribution in [2.45, 2.75) is 65.1 Å². The van der Waals surface area contributed by atoms with Crippen LogP contribution in [0, 0.1) is 5.92 Å². The van der Waals surface area contributed by atoms with Gasteiger partial charge in [0.1, 0.15) is 0 Å². The number of hydrogen-bond acceptors (Lipinski definition) is 2. The molecule has 0 saturated heterocycles. The zero-order valence-electron chi connectivity index (χ0n) is 9.38. The summed E-state index contributed by atoms with van der Waals surface area (Å²) in [5.41, 5.74) is -0.894. The van der Waals surface area contributed by atoms with Gasteiger partial charge in [-0.2, -0.15) is 0 Å². The minimum absolute atomic E-state index is 0.115. The summed E-state index contributed by atoms with van der Waals surface area (Å²) < 4.78 is 0. The second kappa shape index (κ2) is 5.61. The lowest BCUT2D eigenvalue weighted by molar-refractivity contribution is -0.111. The third-order valence-corrected chi connectivity index (χ3v) is 2.97. The Morgan fingerprint density at radius 1 is 1.23 bits per heavy atom. The van der Waals surface area contributed by atoms with Gasteiger partial charge in [-0.15, -0.1) is 0 Å². The van der Waals surface area contributed by atoms with E-state index in [2.05, 4.69) is 6.92 Å². The van der Waals surface area contributed by atoms with Crippen molar-refractivity contribution in [1.82, 2.24) is 0 Å². The van der Waals surface area contributed by atoms with Crippen LogP contribution in [0.15, 0.2) is 0 Å². The van der Waals surface area contributed by atoms with Gasteiger partial charge in [-0.1, -0.05) is 40.5 Å². The highest BCUT2D eigenvalue weighted by atomic mass is 16.3. The van der Waals surface area contributed by atoms with E-state index in [1.54, 1.807) is 0 Å². The monoisotopic (exact) mass is 188 g/mol. The molecule has 13 heavy (non-hydrogen) atoms. The highest BCUT2D eigenvalue weighted by molar-refractivity contribution is 4.87. The fourth-order valence-electron chi connectivity index (χ4n) is 1.68. The van der Waals surface area contributed by atoms with E-state index in [1.807, 2.05) is 20.8 Å². The minimum atomic E-state index is -0.894. The van der Waals surface area contributed by atoms with Crippen molar-refractivity contribution >= 4 is 0 Å². The van der Waals surface area contributed by atoms with Crippen LogP contribution < -0.4 is 0 Å². The molecule has 0 rings (SSSR count). The molecule has 2 atom stereocenters. The Kier molecular flexibility index (Phi) is 5.57. The van der Waals surface area contributed by atoms with Crippen LogP contribution in [0.1, 0.15) is 53.4 Å². The largest absolute Gasteiger partial charge is 0.390 e. The summed E-state index contributed by atoms with van der Waals surface area (Å²) in [6.45, 7) is 7.93. The van der Waals surface area contributed by atoms with E-state index < -0.39 is 11.7 Å². The Hall–Kier alpha value is -0.0800. The summed E-state index contributed by atoms with van der Waals surface area (Å²) >= 11 is 0. The van der Waals surface area contributed by atoms with Gasteiger partial charge in [0.15, 0.2) is 0 Å². The molecule has 0 heterocycles. The molecule has 0 radical (unpaired) electrons. The van der Waals surface area contributed by atoms with E-state index in [1.165, 1.54) is 0 Å². The Morgan fingerprint density at radius 3 is 2.08 bits per heavy atom. The number of hydrogen-bond donors (Lipinski definition) is 2. The quantitative estimate of drug-likeness (QED) is 0.671. The minimum Gasteiger partial charge on any atom is -0.390 e. The molecule has 0 aliphatic heterocycles. The topological polar surface area (TPSA) is 40.5 Å². The standard InChI is InChI=1S/C11H24O2/c1-5-7-8-10(12)11(13,6-2)9(3)4/h9-10,12-13H,5-8H2,1-4H3. The normalized spacial score (nSPS) is 18.7. The van der Waals surface area contributed by atoms with Gasteiger partial charge in [-0.3, -0.25) is 0 Å². The first-order valence-corrected chi connectivity index (χ1v) is 5.39. The summed E-state index contributed by atoms with van der Waals surface area (Å²) in [6.07, 6.45) is 2.80. The molecule has 0 aromatic rings. The van der Waals surface area contributed by atoms with Crippen molar-refractivity contribution in [3.8, 4) is 0 Å². The van der Waals surface area contributed by atoms with Gasteiger partial charge < -0.3 is 10.2 Å². The van der Waals surface area contributed by atoms with Crippen LogP contribution in [0.5, 0.6) is 0 Å². The molecule has 0 saturated carbocycles. The van der Waals surface area contributed by atoms with Crippen molar-refractivity contribution in [3.05, 3.63) is 0 Å². The lowest BCUT2D eigenvalue weighted by Crippen LogP contribution is -2.46. The van der Waals surface area contributed by atoms with E-state index in [-0.39, 0.29) is 5.92 Å². The number of aliphatic hydroxyl groups excluding tert-OH is 1. The number of aliphatic hydroxyl groups is 2. The molecule has 2 unspecified atom stereocenters. The SMILES string of the molecule is CCCCC(O)C(O)(CC)C(C)C. The van der Waals surface area contributed by atoms with Crippen molar-refractivity contribution in [2.24, 2.45) is 5.92 Å². The predicted octanol–water partition coefficient (Wildman–Crippen LogP) is 2.33.